The molecule has 0 bridgehead atoms. The van der Waals surface area contributed by atoms with E-state index in [1.807, 2.05) is 6.92 Å². The van der Waals surface area contributed by atoms with Crippen LogP contribution in [0.3, 0.4) is 0 Å². The Labute approximate surface area is 111 Å². The van der Waals surface area contributed by atoms with Crippen molar-refractivity contribution >= 4 is 0 Å². The summed E-state index contributed by atoms with van der Waals surface area (Å²) in [6, 6.07) is 6.45. The molecule has 102 valence electrons. The first-order valence-corrected chi connectivity index (χ1v) is 6.22. The van der Waals surface area contributed by atoms with E-state index in [2.05, 4.69) is 0 Å². The van der Waals surface area contributed by atoms with Crippen LogP contribution in [0.5, 0.6) is 5.75 Å². The molecule has 2 aromatic rings. The number of halogens is 1. The van der Waals surface area contributed by atoms with Crippen LogP contribution in [0.2, 0.25) is 0 Å². The largest absolute Gasteiger partial charge is 0.494 e. The second-order valence-corrected chi connectivity index (χ2v) is 4.34. The number of furan rings is 1. The first kappa shape index (κ1) is 13.6. The van der Waals surface area contributed by atoms with E-state index in [1.54, 1.807) is 24.5 Å². The van der Waals surface area contributed by atoms with Crippen molar-refractivity contribution in [3.8, 4) is 5.75 Å². The number of hydrogen-bond acceptors (Lipinski definition) is 3. The Morgan fingerprint density at radius 2 is 2.16 bits per heavy atom. The average Bonchev–Trinajstić information content (AvgIpc) is 2.87. The van der Waals surface area contributed by atoms with E-state index in [9.17, 15) is 9.50 Å². The van der Waals surface area contributed by atoms with Gasteiger partial charge in [0, 0.05) is 18.4 Å². The van der Waals surface area contributed by atoms with Crippen molar-refractivity contribution in [1.82, 2.24) is 0 Å². The number of aryl methyl sites for hydroxylation is 1. The molecule has 0 aliphatic carbocycles. The van der Waals surface area contributed by atoms with Gasteiger partial charge in [-0.05, 0) is 23.8 Å². The van der Waals surface area contributed by atoms with Gasteiger partial charge in [-0.2, -0.15) is 0 Å². The van der Waals surface area contributed by atoms with Gasteiger partial charge in [0.05, 0.1) is 19.5 Å². The van der Waals surface area contributed by atoms with Gasteiger partial charge in [0.15, 0.2) is 11.6 Å². The Bertz CT molecular complexity index is 548. The van der Waals surface area contributed by atoms with Gasteiger partial charge in [-0.25, -0.2) is 4.39 Å². The summed E-state index contributed by atoms with van der Waals surface area (Å²) < 4.78 is 23.7. The van der Waals surface area contributed by atoms with E-state index in [0.717, 1.165) is 17.7 Å². The SMILES string of the molecule is CCc1occc1C(O)Cc1ccc(OC)c(F)c1. The minimum atomic E-state index is -0.693. The Morgan fingerprint density at radius 1 is 1.37 bits per heavy atom. The summed E-state index contributed by atoms with van der Waals surface area (Å²) in [5, 5.41) is 10.2. The maximum Gasteiger partial charge on any atom is 0.165 e. The maximum absolute atomic E-state index is 13.6. The highest BCUT2D eigenvalue weighted by Gasteiger charge is 2.15. The summed E-state index contributed by atoms with van der Waals surface area (Å²) in [4.78, 5) is 0. The summed E-state index contributed by atoms with van der Waals surface area (Å²) in [5.74, 6) is 0.549. The average molecular weight is 264 g/mol. The van der Waals surface area contributed by atoms with Crippen molar-refractivity contribution in [3.63, 3.8) is 0 Å². The van der Waals surface area contributed by atoms with Gasteiger partial charge in [-0.3, -0.25) is 0 Å². The highest BCUT2D eigenvalue weighted by atomic mass is 19.1. The van der Waals surface area contributed by atoms with Crippen LogP contribution in [-0.2, 0) is 12.8 Å². The molecule has 19 heavy (non-hydrogen) atoms. The number of ether oxygens (including phenoxy) is 1. The van der Waals surface area contributed by atoms with Crippen LogP contribution >= 0.6 is 0 Å². The third-order valence-corrected chi connectivity index (χ3v) is 3.11. The smallest absolute Gasteiger partial charge is 0.165 e. The van der Waals surface area contributed by atoms with Gasteiger partial charge in [-0.1, -0.05) is 13.0 Å². The molecule has 1 atom stereocenters. The van der Waals surface area contributed by atoms with Crippen LogP contribution in [0, 0.1) is 5.82 Å². The molecule has 0 fully saturated rings. The molecule has 0 aliphatic heterocycles. The maximum atomic E-state index is 13.6. The molecule has 4 heteroatoms. The molecule has 2 rings (SSSR count). The Balaban J connectivity index is 2.15. The van der Waals surface area contributed by atoms with Crippen molar-refractivity contribution in [3.05, 3.63) is 53.2 Å². The second kappa shape index (κ2) is 5.89. The number of aliphatic hydroxyl groups is 1. The Morgan fingerprint density at radius 3 is 2.79 bits per heavy atom. The molecule has 0 radical (unpaired) electrons. The molecule has 0 saturated heterocycles. The summed E-state index contributed by atoms with van der Waals surface area (Å²) >= 11 is 0. The summed E-state index contributed by atoms with van der Waals surface area (Å²) in [5.41, 5.74) is 1.48. The van der Waals surface area contributed by atoms with Gasteiger partial charge < -0.3 is 14.3 Å². The fourth-order valence-electron chi connectivity index (χ4n) is 2.10. The first-order chi connectivity index (χ1) is 9.15. The van der Waals surface area contributed by atoms with Gasteiger partial charge in [-0.15, -0.1) is 0 Å². The molecule has 3 nitrogen and oxygen atoms in total. The monoisotopic (exact) mass is 264 g/mol. The lowest BCUT2D eigenvalue weighted by Crippen LogP contribution is -2.03. The minimum absolute atomic E-state index is 0.204. The van der Waals surface area contributed by atoms with Gasteiger partial charge in [0.2, 0.25) is 0 Å². The van der Waals surface area contributed by atoms with Crippen molar-refractivity contribution in [1.29, 1.82) is 0 Å². The molecular formula is C15H17FO3. The van der Waals surface area contributed by atoms with Gasteiger partial charge >= 0.3 is 0 Å². The molecule has 0 spiro atoms. The van der Waals surface area contributed by atoms with Crippen molar-refractivity contribution < 1.29 is 18.7 Å². The zero-order chi connectivity index (χ0) is 13.8. The summed E-state index contributed by atoms with van der Waals surface area (Å²) in [6.45, 7) is 1.96. The van der Waals surface area contributed by atoms with E-state index >= 15 is 0 Å². The summed E-state index contributed by atoms with van der Waals surface area (Å²) in [7, 11) is 1.42. The van der Waals surface area contributed by atoms with E-state index in [4.69, 9.17) is 9.15 Å². The van der Waals surface area contributed by atoms with Gasteiger partial charge in [0.1, 0.15) is 5.76 Å². The predicted molar refractivity (Wildman–Crippen MR) is 69.7 cm³/mol. The fraction of sp³-hybridized carbons (Fsp3) is 0.333. The molecule has 1 unspecified atom stereocenters. The minimum Gasteiger partial charge on any atom is -0.494 e. The molecule has 0 aliphatic rings. The Hall–Kier alpha value is -1.81. The molecular weight excluding hydrogens is 247 g/mol. The van der Waals surface area contributed by atoms with Crippen LogP contribution in [0.4, 0.5) is 4.39 Å². The van der Waals surface area contributed by atoms with Gasteiger partial charge in [0.25, 0.3) is 0 Å². The highest BCUT2D eigenvalue weighted by molar-refractivity contribution is 5.31. The van der Waals surface area contributed by atoms with Crippen molar-refractivity contribution in [2.45, 2.75) is 25.9 Å². The third-order valence-electron chi connectivity index (χ3n) is 3.11. The van der Waals surface area contributed by atoms with Crippen LogP contribution < -0.4 is 4.74 Å². The van der Waals surface area contributed by atoms with Crippen molar-refractivity contribution in [2.75, 3.05) is 7.11 Å². The predicted octanol–water partition coefficient (Wildman–Crippen LogP) is 3.27. The van der Waals surface area contributed by atoms with E-state index < -0.39 is 11.9 Å². The molecule has 0 saturated carbocycles. The summed E-state index contributed by atoms with van der Waals surface area (Å²) in [6.07, 6.45) is 1.93. The molecule has 1 aromatic carbocycles. The topological polar surface area (TPSA) is 42.6 Å². The number of aliphatic hydroxyl groups excluding tert-OH is 1. The molecule has 1 heterocycles. The highest BCUT2D eigenvalue weighted by Crippen LogP contribution is 2.25. The lowest BCUT2D eigenvalue weighted by atomic mass is 10.0. The second-order valence-electron chi connectivity index (χ2n) is 4.34. The van der Waals surface area contributed by atoms with Crippen LogP contribution in [0.15, 0.2) is 34.9 Å². The van der Waals surface area contributed by atoms with E-state index in [0.29, 0.717) is 12.0 Å². The third kappa shape index (κ3) is 2.96. The van der Waals surface area contributed by atoms with Crippen LogP contribution in [-0.4, -0.2) is 12.2 Å². The fourth-order valence-corrected chi connectivity index (χ4v) is 2.10. The van der Waals surface area contributed by atoms with Crippen LogP contribution in [0.25, 0.3) is 0 Å². The number of methoxy groups -OCH3 is 1. The lowest BCUT2D eigenvalue weighted by Gasteiger charge is -2.11. The molecule has 1 N–H and O–H groups in total. The zero-order valence-corrected chi connectivity index (χ0v) is 11.0. The number of benzene rings is 1. The quantitative estimate of drug-likeness (QED) is 0.901. The number of rotatable bonds is 5. The number of hydrogen-bond donors (Lipinski definition) is 1. The Kier molecular flexibility index (Phi) is 4.22. The van der Waals surface area contributed by atoms with Crippen molar-refractivity contribution in [2.24, 2.45) is 0 Å². The zero-order valence-electron chi connectivity index (χ0n) is 11.0. The normalized spacial score (nSPS) is 12.4. The molecule has 1 aromatic heterocycles. The van der Waals surface area contributed by atoms with Crippen LogP contribution in [0.1, 0.15) is 29.9 Å². The standard InChI is InChI=1S/C15H17FO3/c1-3-14-11(6-7-19-14)13(17)9-10-4-5-15(18-2)12(16)8-10/h4-8,13,17H,3,9H2,1-2H3. The van der Waals surface area contributed by atoms with E-state index in [-0.39, 0.29) is 5.75 Å². The lowest BCUT2D eigenvalue weighted by molar-refractivity contribution is 0.175. The molecule has 0 amide bonds. The van der Waals surface area contributed by atoms with E-state index in [1.165, 1.54) is 13.2 Å². The first-order valence-electron chi connectivity index (χ1n) is 6.22.